The van der Waals surface area contributed by atoms with E-state index in [4.69, 9.17) is 38.4 Å². The number of rotatable bonds is 14. The molecule has 2 aliphatic rings. The van der Waals surface area contributed by atoms with Gasteiger partial charge in [0.15, 0.2) is 23.0 Å². The molecule has 0 aliphatic carbocycles. The van der Waals surface area contributed by atoms with Crippen LogP contribution < -0.4 is 45.4 Å². The number of hydrogen-bond acceptors (Lipinski definition) is 10. The minimum Gasteiger partial charge on any atom is -1.00 e. The Morgan fingerprint density at radius 1 is 0.432 bits per heavy atom. The van der Waals surface area contributed by atoms with Gasteiger partial charge in [-0.15, -0.1) is 0 Å². The molecule has 14 heteroatoms. The fourth-order valence-electron chi connectivity index (χ4n) is 9.73. The summed E-state index contributed by atoms with van der Waals surface area (Å²) in [4.78, 5) is 46.3. The Kier molecular flexibility index (Phi) is 17.2. The van der Waals surface area contributed by atoms with Crippen molar-refractivity contribution in [2.45, 2.75) is 50.4 Å². The summed E-state index contributed by atoms with van der Waals surface area (Å²) >= 11 is 0. The molecule has 382 valence electrons. The quantitative estimate of drug-likeness (QED) is 0.0992. The number of amidine groups is 2. The SMILES string of the molecule is COc1cc(C(=O)N2C(c3cc(C4=NC(c5ccccc5)C(c5ccccc5)N4C(=O)c4cc(OC)c(OC)c(OC)c4)cc(C(C)(C)C)c3)=NC(c3ccccc3)C2c2ccccc2)cc(OC)c1OC.[Br-].[Pd+2]. The minimum atomic E-state index is -0.594. The van der Waals surface area contributed by atoms with Crippen molar-refractivity contribution in [3.63, 3.8) is 0 Å². The van der Waals surface area contributed by atoms with E-state index in [1.807, 2.05) is 127 Å². The van der Waals surface area contributed by atoms with Crippen LogP contribution in [0.4, 0.5) is 0 Å². The minimum absolute atomic E-state index is 0. The van der Waals surface area contributed by atoms with E-state index >= 15 is 9.59 Å². The first-order chi connectivity index (χ1) is 34.9. The molecule has 0 radical (unpaired) electrons. The summed E-state index contributed by atoms with van der Waals surface area (Å²) in [6.07, 6.45) is 0. The molecule has 2 amide bonds. The third kappa shape index (κ3) is 10.4. The Bertz CT molecular complexity index is 2920. The van der Waals surface area contributed by atoms with Gasteiger partial charge in [-0.3, -0.25) is 29.4 Å². The molecule has 12 nitrogen and oxygen atoms in total. The first-order valence-corrected chi connectivity index (χ1v) is 23.7. The monoisotopic (exact) mass is 1150 g/mol. The number of benzene rings is 7. The maximum Gasteiger partial charge on any atom is 2.00 e. The number of halogens is 1. The second-order valence-electron chi connectivity index (χ2n) is 18.6. The predicted octanol–water partition coefficient (Wildman–Crippen LogP) is 8.81. The summed E-state index contributed by atoms with van der Waals surface area (Å²) in [5.41, 5.74) is 6.03. The van der Waals surface area contributed by atoms with Crippen molar-refractivity contribution in [3.8, 4) is 34.5 Å². The maximum atomic E-state index is 15.8. The summed E-state index contributed by atoms with van der Waals surface area (Å²) in [6, 6.07) is 50.6. The van der Waals surface area contributed by atoms with Gasteiger partial charge >= 0.3 is 20.4 Å². The molecule has 0 saturated carbocycles. The van der Waals surface area contributed by atoms with Gasteiger partial charge in [-0.1, -0.05) is 142 Å². The average Bonchev–Trinajstić information content (AvgIpc) is 4.03. The zero-order chi connectivity index (χ0) is 50.7. The predicted molar refractivity (Wildman–Crippen MR) is 279 cm³/mol. The van der Waals surface area contributed by atoms with Crippen molar-refractivity contribution in [2.75, 3.05) is 42.7 Å². The molecule has 0 bridgehead atoms. The molecule has 9 rings (SSSR count). The normalized spacial score (nSPS) is 17.0. The van der Waals surface area contributed by atoms with E-state index in [1.165, 1.54) is 42.7 Å². The van der Waals surface area contributed by atoms with Crippen LogP contribution in [0.1, 0.15) is 105 Å². The van der Waals surface area contributed by atoms with E-state index in [9.17, 15) is 0 Å². The smallest absolute Gasteiger partial charge is 1.00 e. The van der Waals surface area contributed by atoms with E-state index in [1.54, 1.807) is 34.1 Å². The third-order valence-electron chi connectivity index (χ3n) is 13.3. The van der Waals surface area contributed by atoms with Gasteiger partial charge in [0.1, 0.15) is 23.8 Å². The van der Waals surface area contributed by atoms with Crippen LogP contribution in [0.5, 0.6) is 34.5 Å². The molecule has 4 unspecified atom stereocenters. The van der Waals surface area contributed by atoms with Gasteiger partial charge < -0.3 is 45.4 Å². The Morgan fingerprint density at radius 3 is 1.00 bits per heavy atom. The average molecular weight is 1150 g/mol. The van der Waals surface area contributed by atoms with Gasteiger partial charge in [0.25, 0.3) is 11.8 Å². The first kappa shape index (κ1) is 54.5. The van der Waals surface area contributed by atoms with Crippen molar-refractivity contribution in [3.05, 3.63) is 214 Å². The summed E-state index contributed by atoms with van der Waals surface area (Å²) in [7, 11) is 9.16. The van der Waals surface area contributed by atoms with Crippen molar-refractivity contribution < 1.29 is 75.4 Å². The molecular formula is C60H58BrN4O8Pd+. The van der Waals surface area contributed by atoms with Crippen molar-refractivity contribution in [1.29, 1.82) is 0 Å². The zero-order valence-electron chi connectivity index (χ0n) is 42.6. The molecule has 7 aromatic carbocycles. The van der Waals surface area contributed by atoms with Gasteiger partial charge in [-0.2, -0.15) is 0 Å². The van der Waals surface area contributed by atoms with Crippen LogP contribution >= 0.6 is 0 Å². The fourth-order valence-corrected chi connectivity index (χ4v) is 9.73. The van der Waals surface area contributed by atoms with Crippen LogP contribution in [-0.4, -0.2) is 75.9 Å². The number of ether oxygens (including phenoxy) is 6. The van der Waals surface area contributed by atoms with E-state index in [0.717, 1.165) is 27.8 Å². The Morgan fingerprint density at radius 2 is 0.730 bits per heavy atom. The Hall–Kier alpha value is -7.24. The maximum absolute atomic E-state index is 15.8. The number of nitrogens with zero attached hydrogens (tertiary/aromatic N) is 4. The van der Waals surface area contributed by atoms with Crippen LogP contribution in [0.15, 0.2) is 174 Å². The third-order valence-corrected chi connectivity index (χ3v) is 13.3. The van der Waals surface area contributed by atoms with Crippen molar-refractivity contribution in [2.24, 2.45) is 9.98 Å². The molecule has 0 saturated heterocycles. The Balaban J connectivity index is 0.00000400. The topological polar surface area (TPSA) is 121 Å². The summed E-state index contributed by atoms with van der Waals surface area (Å²) in [5, 5.41) is 0. The first-order valence-electron chi connectivity index (χ1n) is 23.7. The number of carbonyl (C=O) groups excluding carboxylic acids is 2. The summed E-state index contributed by atoms with van der Waals surface area (Å²) < 4.78 is 34.5. The van der Waals surface area contributed by atoms with E-state index in [0.29, 0.717) is 68.4 Å². The van der Waals surface area contributed by atoms with Crippen molar-refractivity contribution in [1.82, 2.24) is 9.80 Å². The number of amides is 2. The molecule has 4 atom stereocenters. The Labute approximate surface area is 457 Å². The van der Waals surface area contributed by atoms with E-state index in [-0.39, 0.29) is 49.2 Å². The fraction of sp³-hybridized carbons (Fsp3) is 0.233. The van der Waals surface area contributed by atoms with Gasteiger partial charge in [0.2, 0.25) is 11.5 Å². The van der Waals surface area contributed by atoms with Crippen LogP contribution in [0, 0.1) is 0 Å². The second-order valence-corrected chi connectivity index (χ2v) is 18.6. The molecule has 74 heavy (non-hydrogen) atoms. The van der Waals surface area contributed by atoms with Gasteiger partial charge in [0, 0.05) is 22.3 Å². The molecule has 2 heterocycles. The van der Waals surface area contributed by atoms with Crippen LogP contribution in [0.3, 0.4) is 0 Å². The molecule has 0 N–H and O–H groups in total. The van der Waals surface area contributed by atoms with Crippen LogP contribution in [0.25, 0.3) is 0 Å². The molecule has 7 aromatic rings. The standard InChI is InChI=1S/C60H58N4O8.BrH.Pd/c1-60(2,3)45-31-41(56-61-50(37-22-14-10-15-23-37)52(39-26-18-12-19-27-39)63(56)58(65)43-33-46(67-4)54(71-8)47(34-43)68-5)30-42(32-45)57-62-51(38-24-16-11-17-25-38)53(40-28-20-13-21-29-40)64(57)59(66)44-35-48(69-6)55(72-9)49(36-44)70-7;;/h10-36,50-53H,1-9H3;1H;/q;;+2/p-1. The zero-order valence-corrected chi connectivity index (χ0v) is 45.8. The molecule has 0 fully saturated rings. The van der Waals surface area contributed by atoms with E-state index < -0.39 is 29.6 Å². The molecule has 2 aliphatic heterocycles. The molecule has 0 aromatic heterocycles. The largest absolute Gasteiger partial charge is 2.00 e. The number of carbonyl (C=O) groups is 2. The number of hydrogen-bond donors (Lipinski definition) is 0. The molecular weight excluding hydrogens is 1090 g/mol. The van der Waals surface area contributed by atoms with E-state index in [2.05, 4.69) is 32.9 Å². The number of methoxy groups -OCH3 is 6. The van der Waals surface area contributed by atoms with Crippen molar-refractivity contribution >= 4 is 23.5 Å². The molecule has 0 spiro atoms. The van der Waals surface area contributed by atoms with Crippen LogP contribution in [-0.2, 0) is 25.8 Å². The van der Waals surface area contributed by atoms with Gasteiger partial charge in [-0.25, -0.2) is 0 Å². The second kappa shape index (κ2) is 23.3. The van der Waals surface area contributed by atoms with Gasteiger partial charge in [-0.05, 0) is 75.7 Å². The number of aliphatic imine (C=N–C) groups is 2. The summed E-state index contributed by atoms with van der Waals surface area (Å²) in [5.74, 6) is 2.26. The van der Waals surface area contributed by atoms with Crippen LogP contribution in [0.2, 0.25) is 0 Å². The summed E-state index contributed by atoms with van der Waals surface area (Å²) in [6.45, 7) is 6.42. The van der Waals surface area contributed by atoms with Gasteiger partial charge in [0.05, 0.1) is 54.7 Å².